The van der Waals surface area contributed by atoms with Gasteiger partial charge in [0.05, 0.1) is 0 Å². The zero-order valence-corrected chi connectivity index (χ0v) is 11.2. The van der Waals surface area contributed by atoms with E-state index in [9.17, 15) is 4.39 Å². The summed E-state index contributed by atoms with van der Waals surface area (Å²) < 4.78 is 13.3. The van der Waals surface area contributed by atoms with Crippen LogP contribution in [-0.2, 0) is 0 Å². The summed E-state index contributed by atoms with van der Waals surface area (Å²) in [5.74, 6) is -0.210. The van der Waals surface area contributed by atoms with Crippen molar-refractivity contribution >= 4 is 16.5 Å². The van der Waals surface area contributed by atoms with E-state index < -0.39 is 0 Å². The zero-order valence-electron chi connectivity index (χ0n) is 11.2. The SMILES string of the molecule is CC(Nc1cccc2cnccc12)c1cccc(F)c1. The largest absolute Gasteiger partial charge is 0.378 e. The van der Waals surface area contributed by atoms with Crippen LogP contribution in [0.1, 0.15) is 18.5 Å². The molecule has 0 aliphatic carbocycles. The number of nitrogens with zero attached hydrogens (tertiary/aromatic N) is 1. The Morgan fingerprint density at radius 1 is 1.10 bits per heavy atom. The average molecular weight is 266 g/mol. The van der Waals surface area contributed by atoms with Crippen LogP contribution in [0.5, 0.6) is 0 Å². The summed E-state index contributed by atoms with van der Waals surface area (Å²) in [6, 6.07) is 14.7. The first-order chi connectivity index (χ1) is 9.74. The van der Waals surface area contributed by atoms with Crippen LogP contribution in [0.4, 0.5) is 10.1 Å². The fourth-order valence-electron chi connectivity index (χ4n) is 2.34. The molecule has 1 aromatic heterocycles. The number of anilines is 1. The molecule has 1 atom stereocenters. The molecular formula is C17H15FN2. The van der Waals surface area contributed by atoms with Crippen molar-refractivity contribution < 1.29 is 4.39 Å². The van der Waals surface area contributed by atoms with Crippen LogP contribution in [-0.4, -0.2) is 4.98 Å². The van der Waals surface area contributed by atoms with E-state index >= 15 is 0 Å². The van der Waals surface area contributed by atoms with Gasteiger partial charge in [0.15, 0.2) is 0 Å². The Bertz CT molecular complexity index is 734. The van der Waals surface area contributed by atoms with E-state index in [-0.39, 0.29) is 11.9 Å². The molecule has 2 nitrogen and oxygen atoms in total. The molecule has 3 rings (SSSR count). The molecule has 3 heteroatoms. The lowest BCUT2D eigenvalue weighted by Gasteiger charge is -2.17. The highest BCUT2D eigenvalue weighted by molar-refractivity contribution is 5.93. The molecule has 0 spiro atoms. The highest BCUT2D eigenvalue weighted by Crippen LogP contribution is 2.26. The zero-order chi connectivity index (χ0) is 13.9. The van der Waals surface area contributed by atoms with E-state index in [2.05, 4.69) is 10.3 Å². The van der Waals surface area contributed by atoms with Crippen molar-refractivity contribution in [1.82, 2.24) is 4.98 Å². The van der Waals surface area contributed by atoms with Gasteiger partial charge < -0.3 is 5.32 Å². The van der Waals surface area contributed by atoms with E-state index in [1.165, 1.54) is 6.07 Å². The summed E-state index contributed by atoms with van der Waals surface area (Å²) in [6.45, 7) is 2.02. The maximum Gasteiger partial charge on any atom is 0.123 e. The van der Waals surface area contributed by atoms with E-state index in [4.69, 9.17) is 0 Å². The average Bonchev–Trinajstić information content (AvgIpc) is 2.47. The first-order valence-electron chi connectivity index (χ1n) is 6.59. The smallest absolute Gasteiger partial charge is 0.123 e. The van der Waals surface area contributed by atoms with Crippen molar-refractivity contribution in [1.29, 1.82) is 0 Å². The predicted octanol–water partition coefficient (Wildman–Crippen LogP) is 4.55. The molecule has 1 unspecified atom stereocenters. The molecule has 0 fully saturated rings. The Balaban J connectivity index is 1.93. The predicted molar refractivity (Wildman–Crippen MR) is 80.2 cm³/mol. The number of hydrogen-bond acceptors (Lipinski definition) is 2. The van der Waals surface area contributed by atoms with E-state index in [0.717, 1.165) is 22.0 Å². The molecule has 2 aromatic carbocycles. The minimum Gasteiger partial charge on any atom is -0.378 e. The summed E-state index contributed by atoms with van der Waals surface area (Å²) in [5, 5.41) is 5.64. The van der Waals surface area contributed by atoms with Gasteiger partial charge in [-0.05, 0) is 36.8 Å². The maximum atomic E-state index is 13.3. The molecule has 0 radical (unpaired) electrons. The third-order valence-corrected chi connectivity index (χ3v) is 3.40. The number of nitrogens with one attached hydrogen (secondary N) is 1. The monoisotopic (exact) mass is 266 g/mol. The first kappa shape index (κ1) is 12.6. The van der Waals surface area contributed by atoms with Crippen LogP contribution in [0.25, 0.3) is 10.8 Å². The van der Waals surface area contributed by atoms with Crippen molar-refractivity contribution in [3.63, 3.8) is 0 Å². The van der Waals surface area contributed by atoms with Crippen molar-refractivity contribution in [3.8, 4) is 0 Å². The van der Waals surface area contributed by atoms with Gasteiger partial charge in [-0.2, -0.15) is 0 Å². The standard InChI is InChI=1S/C17H15FN2/c1-12(13-4-2-6-15(18)10-13)20-17-7-3-5-14-11-19-9-8-16(14)17/h2-12,20H,1H3. The normalized spacial score (nSPS) is 12.3. The summed E-state index contributed by atoms with van der Waals surface area (Å²) in [5.41, 5.74) is 1.96. The molecule has 0 aliphatic rings. The van der Waals surface area contributed by atoms with Crippen LogP contribution in [0.2, 0.25) is 0 Å². The highest BCUT2D eigenvalue weighted by atomic mass is 19.1. The molecule has 0 saturated heterocycles. The Hall–Kier alpha value is -2.42. The van der Waals surface area contributed by atoms with E-state index in [1.54, 1.807) is 18.3 Å². The number of rotatable bonds is 3. The first-order valence-corrected chi connectivity index (χ1v) is 6.59. The minimum atomic E-state index is -0.210. The molecule has 3 aromatic rings. The van der Waals surface area contributed by atoms with Gasteiger partial charge in [-0.15, -0.1) is 0 Å². The molecule has 100 valence electrons. The van der Waals surface area contributed by atoms with Crippen LogP contribution < -0.4 is 5.32 Å². The molecule has 20 heavy (non-hydrogen) atoms. The number of hydrogen-bond donors (Lipinski definition) is 1. The second kappa shape index (κ2) is 5.29. The van der Waals surface area contributed by atoms with Gasteiger partial charge in [0.25, 0.3) is 0 Å². The summed E-state index contributed by atoms with van der Waals surface area (Å²) in [4.78, 5) is 4.13. The van der Waals surface area contributed by atoms with Gasteiger partial charge >= 0.3 is 0 Å². The second-order valence-corrected chi connectivity index (χ2v) is 4.82. The topological polar surface area (TPSA) is 24.9 Å². The van der Waals surface area contributed by atoms with Crippen LogP contribution in [0.15, 0.2) is 60.9 Å². The van der Waals surface area contributed by atoms with Crippen LogP contribution >= 0.6 is 0 Å². The van der Waals surface area contributed by atoms with Crippen LogP contribution in [0, 0.1) is 5.82 Å². The lowest BCUT2D eigenvalue weighted by Crippen LogP contribution is -2.07. The number of fused-ring (bicyclic) bond motifs is 1. The van der Waals surface area contributed by atoms with Gasteiger partial charge in [0.1, 0.15) is 5.82 Å². The van der Waals surface area contributed by atoms with Crippen molar-refractivity contribution in [2.45, 2.75) is 13.0 Å². The highest BCUT2D eigenvalue weighted by Gasteiger charge is 2.08. The summed E-state index contributed by atoms with van der Waals surface area (Å²) in [6.07, 6.45) is 3.62. The van der Waals surface area contributed by atoms with Gasteiger partial charge in [-0.1, -0.05) is 24.3 Å². The lowest BCUT2D eigenvalue weighted by molar-refractivity contribution is 0.623. The Labute approximate surface area is 117 Å². The number of pyridine rings is 1. The van der Waals surface area contributed by atoms with E-state index in [0.29, 0.717) is 0 Å². The molecule has 0 aliphatic heterocycles. The summed E-state index contributed by atoms with van der Waals surface area (Å²) in [7, 11) is 0. The third kappa shape index (κ3) is 2.48. The van der Waals surface area contributed by atoms with Gasteiger partial charge in [0, 0.05) is 34.9 Å². The molecule has 0 amide bonds. The van der Waals surface area contributed by atoms with Crippen molar-refractivity contribution in [2.24, 2.45) is 0 Å². The van der Waals surface area contributed by atoms with Gasteiger partial charge in [-0.25, -0.2) is 4.39 Å². The fourth-order valence-corrected chi connectivity index (χ4v) is 2.34. The minimum absolute atomic E-state index is 0.0319. The Morgan fingerprint density at radius 3 is 2.80 bits per heavy atom. The quantitative estimate of drug-likeness (QED) is 0.752. The fraction of sp³-hybridized carbons (Fsp3) is 0.118. The third-order valence-electron chi connectivity index (χ3n) is 3.40. The lowest BCUT2D eigenvalue weighted by atomic mass is 10.1. The summed E-state index contributed by atoms with van der Waals surface area (Å²) >= 11 is 0. The van der Waals surface area contributed by atoms with Gasteiger partial charge in [-0.3, -0.25) is 4.98 Å². The molecular weight excluding hydrogens is 251 g/mol. The van der Waals surface area contributed by atoms with E-state index in [1.807, 2.05) is 43.5 Å². The van der Waals surface area contributed by atoms with Crippen LogP contribution in [0.3, 0.4) is 0 Å². The molecule has 0 bridgehead atoms. The number of benzene rings is 2. The molecule has 1 heterocycles. The van der Waals surface area contributed by atoms with Gasteiger partial charge in [0.2, 0.25) is 0 Å². The number of halogens is 1. The number of aromatic nitrogens is 1. The maximum absolute atomic E-state index is 13.3. The Kier molecular flexibility index (Phi) is 3.33. The van der Waals surface area contributed by atoms with Crippen molar-refractivity contribution in [2.75, 3.05) is 5.32 Å². The van der Waals surface area contributed by atoms with Crippen molar-refractivity contribution in [3.05, 3.63) is 72.3 Å². The Morgan fingerprint density at radius 2 is 1.95 bits per heavy atom. The molecule has 0 saturated carbocycles. The molecule has 1 N–H and O–H groups in total. The second-order valence-electron chi connectivity index (χ2n) is 4.82.